The molecule has 0 N–H and O–H groups in total. The lowest BCUT2D eigenvalue weighted by atomic mass is 9.92. The number of hydrogen-bond acceptors (Lipinski definition) is 1. The minimum Gasteiger partial charge on any atom is -0.443 e. The van der Waals surface area contributed by atoms with Crippen LogP contribution < -0.4 is 0 Å². The summed E-state index contributed by atoms with van der Waals surface area (Å²) >= 11 is 0. The van der Waals surface area contributed by atoms with E-state index in [0.29, 0.717) is 0 Å². The predicted octanol–water partition coefficient (Wildman–Crippen LogP) is 3.16. The maximum atomic E-state index is 10.5. The number of quaternary nitrogens is 1. The lowest BCUT2D eigenvalue weighted by Crippen LogP contribution is -2.46. The first-order valence-corrected chi connectivity index (χ1v) is 5.68. The summed E-state index contributed by atoms with van der Waals surface area (Å²) in [4.78, 5) is 0. The fourth-order valence-corrected chi connectivity index (χ4v) is 1.82. The Labute approximate surface area is 103 Å². The quantitative estimate of drug-likeness (QED) is 0.438. The minimum atomic E-state index is -6.65. The Morgan fingerprint density at radius 3 is 1.72 bits per heavy atom. The summed E-state index contributed by atoms with van der Waals surface area (Å²) in [7, 11) is 1.80. The Balaban J connectivity index is 0.000000331. The second-order valence-electron chi connectivity index (χ2n) is 4.35. The first-order chi connectivity index (χ1) is 8.08. The van der Waals surface area contributed by atoms with Gasteiger partial charge in [0.25, 0.3) is 0 Å². The van der Waals surface area contributed by atoms with Crippen LogP contribution in [0.5, 0.6) is 0 Å². The number of halogens is 6. The van der Waals surface area contributed by atoms with Crippen molar-refractivity contribution in [3.8, 4) is 0 Å². The van der Waals surface area contributed by atoms with Crippen molar-refractivity contribution in [2.45, 2.75) is 25.8 Å². The summed E-state index contributed by atoms with van der Waals surface area (Å²) in [5.74, 6) is 0. The molecule has 1 rings (SSSR count). The van der Waals surface area contributed by atoms with Gasteiger partial charge in [-0.15, -0.1) is 0 Å². The van der Waals surface area contributed by atoms with Crippen molar-refractivity contribution < 1.29 is 35.3 Å². The fourth-order valence-electron chi connectivity index (χ4n) is 1.82. The first-order valence-electron chi connectivity index (χ1n) is 5.68. The molecule has 0 atom stereocenters. The van der Waals surface area contributed by atoms with Crippen LogP contribution in [0.25, 0.3) is 0 Å². The van der Waals surface area contributed by atoms with Gasteiger partial charge in [0, 0.05) is 20.0 Å². The molecular weight excluding hydrogens is 263 g/mol. The molecule has 1 aliphatic rings. The smallest absolute Gasteiger partial charge is 0.443 e. The highest BCUT2D eigenvalue weighted by molar-refractivity contribution is 6.60. The standard InChI is InChI=1S/C8H18NO.CBF6/c1-3-9(8-10-2)6-4-5-7-9;3-1(4,5)2(6,7)8/h3-8H2,1-2H3;/q+1;-1. The van der Waals surface area contributed by atoms with Gasteiger partial charge in [0.05, 0.1) is 19.6 Å². The molecule has 1 fully saturated rings. The molecule has 0 aromatic carbocycles. The van der Waals surface area contributed by atoms with E-state index in [2.05, 4.69) is 6.92 Å². The molecule has 0 aromatic heterocycles. The van der Waals surface area contributed by atoms with Gasteiger partial charge >= 0.3 is 13.1 Å². The van der Waals surface area contributed by atoms with Crippen molar-refractivity contribution >= 4 is 6.98 Å². The third-order valence-electron chi connectivity index (χ3n) is 2.96. The Morgan fingerprint density at radius 1 is 1.11 bits per heavy atom. The predicted molar refractivity (Wildman–Crippen MR) is 56.8 cm³/mol. The Kier molecular flexibility index (Phi) is 6.49. The summed E-state index contributed by atoms with van der Waals surface area (Å²) in [6.07, 6.45) is -3.23. The molecular formula is C9H18BF6NO. The van der Waals surface area contributed by atoms with Gasteiger partial charge in [-0.1, -0.05) is 0 Å². The third kappa shape index (κ3) is 5.47. The lowest BCUT2D eigenvalue weighted by Gasteiger charge is -2.31. The molecule has 0 spiro atoms. The molecule has 9 heteroatoms. The second kappa shape index (κ2) is 6.65. The van der Waals surface area contributed by atoms with Crippen LogP contribution in [-0.2, 0) is 4.74 Å². The normalized spacial score (nSPS) is 19.3. The van der Waals surface area contributed by atoms with E-state index >= 15 is 0 Å². The minimum absolute atomic E-state index is 0.913. The van der Waals surface area contributed by atoms with Crippen LogP contribution in [0.2, 0.25) is 0 Å². The van der Waals surface area contributed by atoms with E-state index in [1.165, 1.54) is 37.0 Å². The van der Waals surface area contributed by atoms with Crippen LogP contribution in [0.15, 0.2) is 0 Å². The number of methoxy groups -OCH3 is 1. The van der Waals surface area contributed by atoms with E-state index in [1.54, 1.807) is 7.11 Å². The zero-order valence-electron chi connectivity index (χ0n) is 10.4. The number of alkyl halides is 3. The SMILES string of the molecule is CC[N+]1(COC)CCCC1.F[B-](F)(F)C(F)(F)F. The molecule has 0 unspecified atom stereocenters. The monoisotopic (exact) mass is 281 g/mol. The maximum absolute atomic E-state index is 10.5. The van der Waals surface area contributed by atoms with Crippen molar-refractivity contribution in [3.63, 3.8) is 0 Å². The third-order valence-corrected chi connectivity index (χ3v) is 2.96. The topological polar surface area (TPSA) is 9.23 Å². The molecule has 0 bridgehead atoms. The van der Waals surface area contributed by atoms with Gasteiger partial charge in [0.15, 0.2) is 6.73 Å². The van der Waals surface area contributed by atoms with Crippen LogP contribution >= 0.6 is 0 Å². The van der Waals surface area contributed by atoms with E-state index in [1.807, 2.05) is 0 Å². The average molecular weight is 281 g/mol. The summed E-state index contributed by atoms with van der Waals surface area (Å²) < 4.78 is 69.3. The second-order valence-corrected chi connectivity index (χ2v) is 4.35. The highest BCUT2D eigenvalue weighted by atomic mass is 19.4. The van der Waals surface area contributed by atoms with Gasteiger partial charge in [-0.05, 0) is 6.92 Å². The lowest BCUT2D eigenvalue weighted by molar-refractivity contribution is -0.932. The molecule has 0 aromatic rings. The van der Waals surface area contributed by atoms with E-state index in [-0.39, 0.29) is 0 Å². The highest BCUT2D eigenvalue weighted by Gasteiger charge is 2.53. The van der Waals surface area contributed by atoms with Gasteiger partial charge in [-0.3, -0.25) is 0 Å². The van der Waals surface area contributed by atoms with Crippen LogP contribution in [0.1, 0.15) is 19.8 Å². The Hall–Kier alpha value is -0.435. The molecule has 0 aliphatic carbocycles. The number of nitrogens with zero attached hydrogens (tertiary/aromatic N) is 1. The summed E-state index contributed by atoms with van der Waals surface area (Å²) in [6, 6.07) is 0. The van der Waals surface area contributed by atoms with Gasteiger partial charge in [-0.2, -0.15) is 0 Å². The Bertz CT molecular complexity index is 224. The molecule has 1 aliphatic heterocycles. The largest absolute Gasteiger partial charge is 0.583 e. The van der Waals surface area contributed by atoms with Gasteiger partial charge in [-0.25, -0.2) is 13.2 Å². The molecule has 1 heterocycles. The maximum Gasteiger partial charge on any atom is 0.583 e. The Morgan fingerprint density at radius 2 is 1.50 bits per heavy atom. The van der Waals surface area contributed by atoms with E-state index in [9.17, 15) is 26.1 Å². The molecule has 18 heavy (non-hydrogen) atoms. The zero-order chi connectivity index (χ0) is 14.4. The average Bonchev–Trinajstić information content (AvgIpc) is 2.65. The van der Waals surface area contributed by atoms with E-state index < -0.39 is 13.1 Å². The van der Waals surface area contributed by atoms with Gasteiger partial charge in [0.2, 0.25) is 0 Å². The molecule has 0 saturated carbocycles. The highest BCUT2D eigenvalue weighted by Crippen LogP contribution is 2.31. The number of likely N-dealkylation sites (tertiary alicyclic amines) is 1. The summed E-state index contributed by atoms with van der Waals surface area (Å²) in [5.41, 5.74) is 0. The first kappa shape index (κ1) is 17.6. The van der Waals surface area contributed by atoms with Crippen LogP contribution in [0.3, 0.4) is 0 Å². The van der Waals surface area contributed by atoms with E-state index in [0.717, 1.165) is 6.73 Å². The van der Waals surface area contributed by atoms with Crippen LogP contribution in [0, 0.1) is 0 Å². The van der Waals surface area contributed by atoms with Crippen molar-refractivity contribution in [1.82, 2.24) is 0 Å². The van der Waals surface area contributed by atoms with Gasteiger partial charge < -0.3 is 22.2 Å². The zero-order valence-corrected chi connectivity index (χ0v) is 10.4. The van der Waals surface area contributed by atoms with Gasteiger partial charge in [0.1, 0.15) is 0 Å². The summed E-state index contributed by atoms with van der Waals surface area (Å²) in [5, 5.41) is 0. The van der Waals surface area contributed by atoms with Crippen molar-refractivity contribution in [2.24, 2.45) is 0 Å². The molecule has 110 valence electrons. The molecule has 1 saturated heterocycles. The summed E-state index contributed by atoms with van der Waals surface area (Å²) in [6.45, 7) is 0.399. The van der Waals surface area contributed by atoms with Crippen LogP contribution in [-0.4, -0.2) is 51.0 Å². The van der Waals surface area contributed by atoms with Crippen molar-refractivity contribution in [3.05, 3.63) is 0 Å². The van der Waals surface area contributed by atoms with Crippen LogP contribution in [0.4, 0.5) is 26.1 Å². The fraction of sp³-hybridized carbons (Fsp3) is 1.00. The van der Waals surface area contributed by atoms with E-state index in [4.69, 9.17) is 4.74 Å². The molecule has 2 nitrogen and oxygen atoms in total. The number of hydrogen-bond donors (Lipinski definition) is 0. The van der Waals surface area contributed by atoms with Crippen molar-refractivity contribution in [2.75, 3.05) is 33.5 Å². The van der Waals surface area contributed by atoms with Crippen molar-refractivity contribution in [1.29, 1.82) is 0 Å². The number of ether oxygens (including phenoxy) is 1. The molecule has 0 amide bonds. The number of rotatable bonds is 3. The molecule has 0 radical (unpaired) electrons.